The van der Waals surface area contributed by atoms with Crippen LogP contribution in [-0.2, 0) is 14.0 Å². The molecule has 0 amide bonds. The van der Waals surface area contributed by atoms with Gasteiger partial charge >= 0.3 is 7.60 Å². The van der Waals surface area contributed by atoms with Crippen LogP contribution in [0, 0.1) is 0 Å². The van der Waals surface area contributed by atoms with Gasteiger partial charge in [-0.05, 0) is 0 Å². The van der Waals surface area contributed by atoms with E-state index in [1.165, 1.54) is 17.2 Å². The molecule has 1 unspecified atom stereocenters. The van der Waals surface area contributed by atoms with Crippen LogP contribution in [0.2, 0.25) is 0 Å². The average molecular weight is 391 g/mol. The zero-order valence-electron chi connectivity index (χ0n) is 13.2. The number of nitrogens with two attached hydrogens (primary N) is 1. The molecule has 3 heterocycles. The molecule has 3 rings (SSSR count). The first-order chi connectivity index (χ1) is 12.2. The third-order valence-corrected chi connectivity index (χ3v) is 5.05. The van der Waals surface area contributed by atoms with Crippen LogP contribution in [-0.4, -0.2) is 82.0 Å². The Bertz CT molecular complexity index is 827. The highest BCUT2D eigenvalue weighted by Crippen LogP contribution is 2.42. The lowest BCUT2D eigenvalue weighted by Gasteiger charge is -2.20. The predicted octanol–water partition coefficient (Wildman–Crippen LogP) is -2.46. The highest BCUT2D eigenvalue weighted by molar-refractivity contribution is 7.52. The molecule has 0 radical (unpaired) electrons. The fourth-order valence-corrected chi connectivity index (χ4v) is 3.11. The Labute approximate surface area is 146 Å². The summed E-state index contributed by atoms with van der Waals surface area (Å²) < 4.78 is 23.0. The molecular weight excluding hydrogens is 373 g/mol. The number of aliphatic hydroxyl groups excluding tert-OH is 3. The van der Waals surface area contributed by atoms with Crippen molar-refractivity contribution in [2.75, 3.05) is 18.9 Å². The van der Waals surface area contributed by atoms with Crippen LogP contribution in [0.4, 0.5) is 5.82 Å². The third kappa shape index (κ3) is 3.43. The van der Waals surface area contributed by atoms with Gasteiger partial charge in [-0.3, -0.25) is 9.13 Å². The summed E-state index contributed by atoms with van der Waals surface area (Å²) in [4.78, 5) is 30.0. The topological polar surface area (TPSA) is 206 Å². The van der Waals surface area contributed by atoms with Crippen molar-refractivity contribution >= 4 is 24.6 Å². The summed E-state index contributed by atoms with van der Waals surface area (Å²) in [5.74, 6) is -1.62. The van der Waals surface area contributed by atoms with Gasteiger partial charge < -0.3 is 40.3 Å². The molecule has 13 nitrogen and oxygen atoms in total. The molecular formula is C12H18N5O8P. The van der Waals surface area contributed by atoms with Crippen molar-refractivity contribution in [1.82, 2.24) is 19.5 Å². The Morgan fingerprint density at radius 3 is 2.69 bits per heavy atom. The number of rotatable bonds is 6. The van der Waals surface area contributed by atoms with Crippen molar-refractivity contribution in [3.05, 3.63) is 12.7 Å². The highest BCUT2D eigenvalue weighted by Gasteiger charge is 2.45. The SMILES string of the molecule is Nc1ncnc2c1ncn2[C@@H]1O[C@H](COC(CO)P(=O)(O)O)[C@@H](O)[C@H]1O. The molecule has 1 aliphatic heterocycles. The van der Waals surface area contributed by atoms with Gasteiger partial charge in [-0.1, -0.05) is 0 Å². The van der Waals surface area contributed by atoms with E-state index < -0.39 is 51.2 Å². The number of nitrogen functional groups attached to an aromatic ring is 1. The zero-order chi connectivity index (χ0) is 19.1. The van der Waals surface area contributed by atoms with Gasteiger partial charge in [0.15, 0.2) is 23.5 Å². The smallest absolute Gasteiger partial charge is 0.356 e. The monoisotopic (exact) mass is 391 g/mol. The van der Waals surface area contributed by atoms with Crippen LogP contribution in [0.1, 0.15) is 6.23 Å². The van der Waals surface area contributed by atoms with E-state index in [0.717, 1.165) is 0 Å². The van der Waals surface area contributed by atoms with Crippen LogP contribution in [0.3, 0.4) is 0 Å². The molecule has 26 heavy (non-hydrogen) atoms. The van der Waals surface area contributed by atoms with Gasteiger partial charge in [0.1, 0.15) is 30.2 Å². The lowest BCUT2D eigenvalue weighted by molar-refractivity contribution is -0.0775. The van der Waals surface area contributed by atoms with Crippen LogP contribution >= 0.6 is 7.60 Å². The fraction of sp³-hybridized carbons (Fsp3) is 0.583. The van der Waals surface area contributed by atoms with Gasteiger partial charge in [-0.2, -0.15) is 0 Å². The van der Waals surface area contributed by atoms with Crippen molar-refractivity contribution in [3.63, 3.8) is 0 Å². The second-order valence-corrected chi connectivity index (χ2v) is 7.44. The fourth-order valence-electron chi connectivity index (χ4n) is 2.62. The number of imidazole rings is 1. The normalized spacial score (nSPS) is 27.9. The first kappa shape index (κ1) is 19.1. The maximum Gasteiger partial charge on any atom is 0.356 e. The lowest BCUT2D eigenvalue weighted by atomic mass is 10.1. The molecule has 0 aromatic carbocycles. The minimum absolute atomic E-state index is 0.133. The molecule has 1 saturated heterocycles. The van der Waals surface area contributed by atoms with Crippen molar-refractivity contribution in [2.24, 2.45) is 0 Å². The van der Waals surface area contributed by atoms with Gasteiger partial charge in [-0.25, -0.2) is 15.0 Å². The quantitative estimate of drug-likeness (QED) is 0.284. The Hall–Kier alpha value is -1.70. The van der Waals surface area contributed by atoms with E-state index in [4.69, 9.17) is 30.1 Å². The number of aliphatic hydroxyl groups is 3. The Morgan fingerprint density at radius 2 is 2.04 bits per heavy atom. The van der Waals surface area contributed by atoms with Gasteiger partial charge in [0, 0.05) is 0 Å². The van der Waals surface area contributed by atoms with Crippen LogP contribution in [0.15, 0.2) is 12.7 Å². The molecule has 0 saturated carbocycles. The predicted molar refractivity (Wildman–Crippen MR) is 84.5 cm³/mol. The molecule has 0 spiro atoms. The van der Waals surface area contributed by atoms with Crippen molar-refractivity contribution in [1.29, 1.82) is 0 Å². The van der Waals surface area contributed by atoms with Gasteiger partial charge in [0.05, 0.1) is 19.5 Å². The van der Waals surface area contributed by atoms with Gasteiger partial charge in [0.25, 0.3) is 0 Å². The Balaban J connectivity index is 1.77. The molecule has 1 fully saturated rings. The summed E-state index contributed by atoms with van der Waals surface area (Å²) in [7, 11) is -4.69. The van der Waals surface area contributed by atoms with Crippen LogP contribution in [0.25, 0.3) is 11.2 Å². The molecule has 0 bridgehead atoms. The third-order valence-electron chi connectivity index (χ3n) is 3.98. The standard InChI is InChI=1S/C12H18N5O8P/c13-10-7-11(15-3-14-10)17(4-16-7)12-9(20)8(19)5(25-12)2-24-6(1-18)26(21,22)23/h3-6,8-9,12,18-20H,1-2H2,(H2,13,14,15)(H2,21,22,23)/t5-,6?,8-,9-,12-/m1/s1. The summed E-state index contributed by atoms with van der Waals surface area (Å²) in [6.45, 7) is -1.38. The number of aromatic nitrogens is 4. The highest BCUT2D eigenvalue weighted by atomic mass is 31.2. The second kappa shape index (κ2) is 7.13. The first-order valence-electron chi connectivity index (χ1n) is 7.46. The molecule has 2 aromatic heterocycles. The number of ether oxygens (including phenoxy) is 2. The summed E-state index contributed by atoms with van der Waals surface area (Å²) in [5, 5.41) is 29.4. The van der Waals surface area contributed by atoms with E-state index in [1.807, 2.05) is 0 Å². The van der Waals surface area contributed by atoms with Crippen LogP contribution < -0.4 is 5.73 Å². The number of fused-ring (bicyclic) bond motifs is 1. The van der Waals surface area contributed by atoms with Crippen LogP contribution in [0.5, 0.6) is 0 Å². The Kier molecular flexibility index (Phi) is 5.23. The largest absolute Gasteiger partial charge is 0.393 e. The minimum Gasteiger partial charge on any atom is -0.393 e. The molecule has 0 aliphatic carbocycles. The first-order valence-corrected chi connectivity index (χ1v) is 9.14. The van der Waals surface area contributed by atoms with E-state index in [2.05, 4.69) is 15.0 Å². The number of anilines is 1. The molecule has 5 atom stereocenters. The van der Waals surface area contributed by atoms with E-state index >= 15 is 0 Å². The van der Waals surface area contributed by atoms with E-state index in [-0.39, 0.29) is 11.5 Å². The molecule has 7 N–H and O–H groups in total. The minimum atomic E-state index is -4.69. The maximum atomic E-state index is 11.2. The molecule has 14 heteroatoms. The van der Waals surface area contributed by atoms with Crippen molar-refractivity contribution in [2.45, 2.75) is 30.4 Å². The van der Waals surface area contributed by atoms with E-state index in [1.54, 1.807) is 0 Å². The van der Waals surface area contributed by atoms with Gasteiger partial charge in [0.2, 0.25) is 0 Å². The second-order valence-electron chi connectivity index (χ2n) is 5.69. The van der Waals surface area contributed by atoms with E-state index in [9.17, 15) is 14.8 Å². The summed E-state index contributed by atoms with van der Waals surface area (Å²) in [6.07, 6.45) is -2.47. The van der Waals surface area contributed by atoms with Crippen molar-refractivity contribution in [3.8, 4) is 0 Å². The molecule has 2 aromatic rings. The summed E-state index contributed by atoms with van der Waals surface area (Å²) >= 11 is 0. The van der Waals surface area contributed by atoms with E-state index in [0.29, 0.717) is 5.52 Å². The number of nitrogens with zero attached hydrogens (tertiary/aromatic N) is 4. The molecule has 144 valence electrons. The lowest BCUT2D eigenvalue weighted by Crippen LogP contribution is -2.35. The number of hydrogen-bond acceptors (Lipinski definition) is 10. The average Bonchev–Trinajstić information content (AvgIpc) is 3.11. The zero-order valence-corrected chi connectivity index (χ0v) is 14.1. The summed E-state index contributed by atoms with van der Waals surface area (Å²) in [5.41, 5.74) is 6.27. The van der Waals surface area contributed by atoms with Crippen molar-refractivity contribution < 1.29 is 39.1 Å². The Morgan fingerprint density at radius 1 is 1.31 bits per heavy atom. The number of hydrogen-bond donors (Lipinski definition) is 6. The van der Waals surface area contributed by atoms with Gasteiger partial charge in [-0.15, -0.1) is 0 Å². The molecule has 1 aliphatic rings. The maximum absolute atomic E-state index is 11.2. The summed E-state index contributed by atoms with van der Waals surface area (Å²) in [6, 6.07) is 0.